The minimum Gasteiger partial charge on any atom is -0.295 e. The largest absolute Gasteiger partial charge is 0.295 e. The average molecular weight is 769 g/mol. The number of pyridine rings is 1. The summed E-state index contributed by atoms with van der Waals surface area (Å²) in [6.07, 6.45) is 0. The lowest BCUT2D eigenvalue weighted by Gasteiger charge is -2.11. The Labute approximate surface area is 344 Å². The third kappa shape index (κ3) is 5.17. The Morgan fingerprint density at radius 1 is 0.383 bits per heavy atom. The fourth-order valence-corrected chi connectivity index (χ4v) is 9.14. The fraction of sp³-hybridized carbons (Fsp3) is 0.0185. The number of imidazole rings is 1. The Hall–Kier alpha value is -8.09. The Morgan fingerprint density at radius 3 is 1.65 bits per heavy atom. The van der Waals surface area contributed by atoms with E-state index in [0.717, 1.165) is 61.2 Å². The topological polar surface area (TPSA) is 52.9 Å². The van der Waals surface area contributed by atoms with Crippen LogP contribution in [0, 0.1) is 6.92 Å². The SMILES string of the molecule is Cc1ccc2c(c1)c1c3ccccc3c3nc4ccccc4n3c1n2-c1ccccc1.c1ccc(-c2nc(-n3c4ccccc4c4ccccc43)nc3ccccc23)cc1. The Balaban J connectivity index is 0.000000130. The van der Waals surface area contributed by atoms with Crippen molar-refractivity contribution >= 4 is 82.1 Å². The van der Waals surface area contributed by atoms with Crippen molar-refractivity contribution < 1.29 is 0 Å². The molecule has 0 saturated heterocycles. The van der Waals surface area contributed by atoms with Gasteiger partial charge in [-0.05, 0) is 66.9 Å². The van der Waals surface area contributed by atoms with Gasteiger partial charge in [0.2, 0.25) is 5.95 Å². The molecule has 0 atom stereocenters. The molecule has 0 amide bonds. The number of hydrogen-bond donors (Lipinski definition) is 0. The normalized spacial score (nSPS) is 11.8. The molecule has 0 spiro atoms. The molecule has 0 aliphatic carbocycles. The van der Waals surface area contributed by atoms with E-state index in [-0.39, 0.29) is 0 Å². The molecule has 8 aromatic carbocycles. The van der Waals surface area contributed by atoms with Crippen LogP contribution in [0.25, 0.3) is 105 Å². The second kappa shape index (κ2) is 13.5. The molecule has 5 aromatic heterocycles. The minimum absolute atomic E-state index is 0.694. The van der Waals surface area contributed by atoms with E-state index in [0.29, 0.717) is 5.95 Å². The van der Waals surface area contributed by atoms with Gasteiger partial charge in [0.15, 0.2) is 0 Å². The van der Waals surface area contributed by atoms with E-state index >= 15 is 0 Å². The summed E-state index contributed by atoms with van der Waals surface area (Å²) in [4.78, 5) is 15.1. The molecule has 282 valence electrons. The molecule has 0 unspecified atom stereocenters. The summed E-state index contributed by atoms with van der Waals surface area (Å²) in [5.41, 5.74) is 13.1. The molecular formula is C54H36N6. The molecule has 6 heteroatoms. The summed E-state index contributed by atoms with van der Waals surface area (Å²) in [6, 6.07) is 69.9. The number of para-hydroxylation sites is 6. The summed E-state index contributed by atoms with van der Waals surface area (Å²) < 4.78 is 6.90. The minimum atomic E-state index is 0.694. The van der Waals surface area contributed by atoms with Crippen molar-refractivity contribution in [2.45, 2.75) is 6.92 Å². The van der Waals surface area contributed by atoms with Gasteiger partial charge in [-0.2, -0.15) is 0 Å². The zero-order valence-electron chi connectivity index (χ0n) is 32.7. The smallest absolute Gasteiger partial charge is 0.235 e. The van der Waals surface area contributed by atoms with Gasteiger partial charge >= 0.3 is 0 Å². The molecule has 6 nitrogen and oxygen atoms in total. The average Bonchev–Trinajstić information content (AvgIpc) is 3.98. The second-order valence-corrected chi connectivity index (χ2v) is 15.3. The van der Waals surface area contributed by atoms with E-state index in [9.17, 15) is 0 Å². The number of nitrogens with zero attached hydrogens (tertiary/aromatic N) is 6. The van der Waals surface area contributed by atoms with Crippen LogP contribution in [0.3, 0.4) is 0 Å². The number of aromatic nitrogens is 6. The summed E-state index contributed by atoms with van der Waals surface area (Å²) in [5.74, 6) is 0.694. The van der Waals surface area contributed by atoms with Crippen molar-refractivity contribution in [1.29, 1.82) is 0 Å². The number of hydrogen-bond acceptors (Lipinski definition) is 3. The first-order valence-corrected chi connectivity index (χ1v) is 20.3. The Bertz CT molecular complexity index is 3730. The van der Waals surface area contributed by atoms with E-state index in [1.807, 2.05) is 30.3 Å². The highest BCUT2D eigenvalue weighted by molar-refractivity contribution is 6.24. The molecule has 5 heterocycles. The maximum atomic E-state index is 5.07. The van der Waals surface area contributed by atoms with E-state index in [1.165, 1.54) is 43.4 Å². The van der Waals surface area contributed by atoms with Crippen LogP contribution < -0.4 is 0 Å². The molecule has 0 fully saturated rings. The molecule has 13 aromatic rings. The van der Waals surface area contributed by atoms with Gasteiger partial charge in [-0.1, -0.05) is 151 Å². The van der Waals surface area contributed by atoms with Gasteiger partial charge in [0, 0.05) is 43.6 Å². The first kappa shape index (κ1) is 34.0. The van der Waals surface area contributed by atoms with Gasteiger partial charge < -0.3 is 0 Å². The van der Waals surface area contributed by atoms with Crippen molar-refractivity contribution in [2.75, 3.05) is 0 Å². The van der Waals surface area contributed by atoms with E-state index < -0.39 is 0 Å². The van der Waals surface area contributed by atoms with Gasteiger partial charge in [0.05, 0.1) is 38.8 Å². The Morgan fingerprint density at radius 2 is 0.933 bits per heavy atom. The van der Waals surface area contributed by atoms with Crippen LogP contribution in [0.5, 0.6) is 0 Å². The first-order valence-electron chi connectivity index (χ1n) is 20.3. The maximum absolute atomic E-state index is 5.07. The third-order valence-electron chi connectivity index (χ3n) is 11.7. The van der Waals surface area contributed by atoms with E-state index in [4.69, 9.17) is 15.0 Å². The van der Waals surface area contributed by atoms with Crippen molar-refractivity contribution in [3.05, 3.63) is 206 Å². The summed E-state index contributed by atoms with van der Waals surface area (Å²) in [5, 5.41) is 8.44. The lowest BCUT2D eigenvalue weighted by molar-refractivity contribution is 1.01. The van der Waals surface area contributed by atoms with Crippen LogP contribution >= 0.6 is 0 Å². The van der Waals surface area contributed by atoms with Crippen LogP contribution in [0.4, 0.5) is 0 Å². The van der Waals surface area contributed by atoms with Crippen LogP contribution in [-0.2, 0) is 0 Å². The lowest BCUT2D eigenvalue weighted by atomic mass is 10.1. The number of rotatable bonds is 3. The molecule has 0 N–H and O–H groups in total. The third-order valence-corrected chi connectivity index (χ3v) is 11.7. The fourth-order valence-electron chi connectivity index (χ4n) is 9.14. The van der Waals surface area contributed by atoms with Crippen LogP contribution in [-0.4, -0.2) is 28.5 Å². The quantitative estimate of drug-likeness (QED) is 0.180. The highest BCUT2D eigenvalue weighted by atomic mass is 15.2. The lowest BCUT2D eigenvalue weighted by Crippen LogP contribution is -2.03. The van der Waals surface area contributed by atoms with E-state index in [1.54, 1.807) is 0 Å². The van der Waals surface area contributed by atoms with Gasteiger partial charge in [0.25, 0.3) is 0 Å². The molecule has 0 aliphatic rings. The van der Waals surface area contributed by atoms with Crippen molar-refractivity contribution in [1.82, 2.24) is 28.5 Å². The maximum Gasteiger partial charge on any atom is 0.235 e. The van der Waals surface area contributed by atoms with Crippen molar-refractivity contribution in [3.8, 4) is 22.9 Å². The highest BCUT2D eigenvalue weighted by Crippen LogP contribution is 2.40. The molecular weight excluding hydrogens is 733 g/mol. The standard InChI is InChI=1S/C28H19N3.C26H17N3/c1-18-15-16-24-22(17-18)26-20-11-5-6-12-21(20)27-29-23-13-7-8-14-25(23)31(27)28(26)30(24)19-9-3-2-4-10-19;1-2-10-18(11-3-1)25-21-14-4-7-15-22(21)27-26(28-25)29-23-16-8-5-12-19(23)20-13-6-9-17-24(20)29/h2-17H,1H3;1-17H. The number of aryl methyl sites for hydroxylation is 1. The van der Waals surface area contributed by atoms with Gasteiger partial charge in [-0.15, -0.1) is 0 Å². The van der Waals surface area contributed by atoms with Gasteiger partial charge in [-0.25, -0.2) is 15.0 Å². The molecule has 0 radical (unpaired) electrons. The molecule has 13 rings (SSSR count). The molecule has 60 heavy (non-hydrogen) atoms. The van der Waals surface area contributed by atoms with E-state index in [2.05, 4.69) is 190 Å². The highest BCUT2D eigenvalue weighted by Gasteiger charge is 2.22. The zero-order valence-corrected chi connectivity index (χ0v) is 32.7. The summed E-state index contributed by atoms with van der Waals surface area (Å²) in [7, 11) is 0. The van der Waals surface area contributed by atoms with Gasteiger partial charge in [-0.3, -0.25) is 13.5 Å². The van der Waals surface area contributed by atoms with Crippen LogP contribution in [0.2, 0.25) is 0 Å². The molecule has 0 bridgehead atoms. The summed E-state index contributed by atoms with van der Waals surface area (Å²) in [6.45, 7) is 2.17. The molecule has 0 saturated carbocycles. The van der Waals surface area contributed by atoms with Crippen molar-refractivity contribution in [3.63, 3.8) is 0 Å². The predicted molar refractivity (Wildman–Crippen MR) is 249 cm³/mol. The van der Waals surface area contributed by atoms with Crippen molar-refractivity contribution in [2.24, 2.45) is 0 Å². The van der Waals surface area contributed by atoms with Crippen LogP contribution in [0.15, 0.2) is 200 Å². The number of benzene rings is 8. The van der Waals surface area contributed by atoms with Crippen LogP contribution in [0.1, 0.15) is 5.56 Å². The Kier molecular flexibility index (Phi) is 7.65. The first-order chi connectivity index (χ1) is 29.7. The number of fused-ring (bicyclic) bond motifs is 14. The molecule has 0 aliphatic heterocycles. The predicted octanol–water partition coefficient (Wildman–Crippen LogP) is 13.4. The van der Waals surface area contributed by atoms with Gasteiger partial charge in [0.1, 0.15) is 11.3 Å². The second-order valence-electron chi connectivity index (χ2n) is 15.3. The zero-order chi connectivity index (χ0) is 39.7. The monoisotopic (exact) mass is 768 g/mol. The summed E-state index contributed by atoms with van der Waals surface area (Å²) >= 11 is 0.